The van der Waals surface area contributed by atoms with E-state index in [-0.39, 0.29) is 17.5 Å². The van der Waals surface area contributed by atoms with Crippen molar-refractivity contribution >= 4 is 23.2 Å². The molecule has 1 atom stereocenters. The zero-order valence-corrected chi connectivity index (χ0v) is 16.8. The molecule has 30 heavy (non-hydrogen) atoms. The number of anilines is 2. The largest absolute Gasteiger partial charge is 0.493 e. The van der Waals surface area contributed by atoms with Gasteiger partial charge in [0.05, 0.1) is 25.5 Å². The van der Waals surface area contributed by atoms with E-state index in [0.29, 0.717) is 40.5 Å². The number of rotatable bonds is 4. The molecule has 3 heterocycles. The Morgan fingerprint density at radius 1 is 0.967 bits per heavy atom. The highest BCUT2D eigenvalue weighted by Gasteiger charge is 2.51. The molecule has 0 saturated heterocycles. The molecular weight excluding hydrogens is 384 g/mol. The lowest BCUT2D eigenvalue weighted by atomic mass is 10.0. The molecule has 0 fully saturated rings. The van der Waals surface area contributed by atoms with Crippen molar-refractivity contribution in [1.82, 2.24) is 9.78 Å². The quantitative estimate of drug-likeness (QED) is 0.667. The Labute approximate surface area is 173 Å². The van der Waals surface area contributed by atoms with E-state index in [1.807, 2.05) is 43.3 Å². The van der Waals surface area contributed by atoms with E-state index in [1.165, 1.54) is 14.2 Å². The number of carbonyl (C=O) groups is 2. The number of methoxy groups -OCH3 is 2. The van der Waals surface area contributed by atoms with E-state index >= 15 is 0 Å². The molecule has 0 N–H and O–H groups in total. The van der Waals surface area contributed by atoms with Gasteiger partial charge in [-0.15, -0.1) is 0 Å². The summed E-state index contributed by atoms with van der Waals surface area (Å²) in [6, 6.07) is 12.9. The van der Waals surface area contributed by atoms with E-state index in [4.69, 9.17) is 9.47 Å². The van der Waals surface area contributed by atoms with Crippen LogP contribution in [0.15, 0.2) is 48.7 Å². The fourth-order valence-corrected chi connectivity index (χ4v) is 4.22. The third-order valence-corrected chi connectivity index (χ3v) is 5.56. The first kappa shape index (κ1) is 18.2. The molecule has 2 amide bonds. The van der Waals surface area contributed by atoms with Crippen LogP contribution in [0.5, 0.6) is 11.5 Å². The van der Waals surface area contributed by atoms with Crippen LogP contribution >= 0.6 is 0 Å². The molecule has 5 rings (SSSR count). The van der Waals surface area contributed by atoms with Gasteiger partial charge in [0.15, 0.2) is 17.2 Å². The summed E-state index contributed by atoms with van der Waals surface area (Å²) in [4.78, 5) is 30.4. The van der Waals surface area contributed by atoms with E-state index in [2.05, 4.69) is 5.10 Å². The highest BCUT2D eigenvalue weighted by molar-refractivity contribution is 6.21. The third kappa shape index (κ3) is 2.30. The van der Waals surface area contributed by atoms with Gasteiger partial charge in [-0.05, 0) is 25.1 Å². The van der Waals surface area contributed by atoms with Crippen LogP contribution in [-0.2, 0) is 6.54 Å². The van der Waals surface area contributed by atoms with Gasteiger partial charge in [0, 0.05) is 24.0 Å². The third-order valence-electron chi connectivity index (χ3n) is 5.56. The molecule has 2 aromatic carbocycles. The fraction of sp³-hybridized carbons (Fsp3) is 0.227. The molecule has 1 unspecified atom stereocenters. The van der Waals surface area contributed by atoms with Gasteiger partial charge < -0.3 is 9.47 Å². The van der Waals surface area contributed by atoms with E-state index < -0.39 is 6.17 Å². The summed E-state index contributed by atoms with van der Waals surface area (Å²) in [6.45, 7) is 2.52. The van der Waals surface area contributed by atoms with Crippen molar-refractivity contribution in [1.29, 1.82) is 0 Å². The highest BCUT2D eigenvalue weighted by Crippen LogP contribution is 2.50. The van der Waals surface area contributed by atoms with Gasteiger partial charge in [0.25, 0.3) is 11.8 Å². The summed E-state index contributed by atoms with van der Waals surface area (Å²) in [7, 11) is 3.03. The Morgan fingerprint density at radius 3 is 2.40 bits per heavy atom. The van der Waals surface area contributed by atoms with Crippen molar-refractivity contribution in [3.8, 4) is 11.5 Å². The maximum Gasteiger partial charge on any atom is 0.282 e. The predicted octanol–water partition coefficient (Wildman–Crippen LogP) is 3.24. The maximum atomic E-state index is 13.6. The van der Waals surface area contributed by atoms with Crippen molar-refractivity contribution in [2.24, 2.45) is 0 Å². The highest BCUT2D eigenvalue weighted by atomic mass is 16.5. The lowest BCUT2D eigenvalue weighted by Crippen LogP contribution is -2.48. The Bertz CT molecular complexity index is 1170. The number of ether oxygens (including phenoxy) is 2. The first-order chi connectivity index (χ1) is 14.6. The van der Waals surface area contributed by atoms with Crippen LogP contribution in [0.1, 0.15) is 39.5 Å². The Morgan fingerprint density at radius 2 is 1.73 bits per heavy atom. The van der Waals surface area contributed by atoms with E-state index in [1.54, 1.807) is 26.7 Å². The van der Waals surface area contributed by atoms with E-state index in [9.17, 15) is 9.59 Å². The van der Waals surface area contributed by atoms with Crippen LogP contribution in [0.25, 0.3) is 0 Å². The number of para-hydroxylation sites is 1. The Kier molecular flexibility index (Phi) is 4.02. The number of benzene rings is 2. The lowest BCUT2D eigenvalue weighted by Gasteiger charge is -2.38. The first-order valence-electron chi connectivity index (χ1n) is 9.65. The normalized spacial score (nSPS) is 17.0. The van der Waals surface area contributed by atoms with Gasteiger partial charge in [0.2, 0.25) is 0 Å². The van der Waals surface area contributed by atoms with Gasteiger partial charge in [-0.25, -0.2) is 0 Å². The van der Waals surface area contributed by atoms with Crippen molar-refractivity contribution in [2.75, 3.05) is 24.0 Å². The molecule has 0 aliphatic carbocycles. The molecule has 8 nitrogen and oxygen atoms in total. The second-order valence-electron chi connectivity index (χ2n) is 7.04. The van der Waals surface area contributed by atoms with Crippen LogP contribution in [-0.4, -0.2) is 35.8 Å². The summed E-state index contributed by atoms with van der Waals surface area (Å²) in [5.41, 5.74) is 2.52. The molecule has 1 aromatic heterocycles. The van der Waals surface area contributed by atoms with Gasteiger partial charge in [-0.3, -0.25) is 24.1 Å². The number of carbonyl (C=O) groups excluding carboxylic acids is 2. The molecule has 0 radical (unpaired) electrons. The fourth-order valence-electron chi connectivity index (χ4n) is 4.22. The van der Waals surface area contributed by atoms with Gasteiger partial charge in [-0.2, -0.15) is 5.10 Å². The molecule has 2 aliphatic rings. The van der Waals surface area contributed by atoms with Gasteiger partial charge in [0.1, 0.15) is 6.17 Å². The summed E-state index contributed by atoms with van der Waals surface area (Å²) >= 11 is 0. The first-order valence-corrected chi connectivity index (χ1v) is 9.65. The summed E-state index contributed by atoms with van der Waals surface area (Å²) in [6.07, 6.45) is 1.11. The van der Waals surface area contributed by atoms with Crippen molar-refractivity contribution in [2.45, 2.75) is 19.6 Å². The van der Waals surface area contributed by atoms with Gasteiger partial charge >= 0.3 is 0 Å². The molecule has 8 heteroatoms. The number of nitrogens with zero attached hydrogens (tertiary/aromatic N) is 4. The number of aryl methyl sites for hydroxylation is 1. The average molecular weight is 404 g/mol. The number of aromatic nitrogens is 2. The summed E-state index contributed by atoms with van der Waals surface area (Å²) in [5, 5.41) is 4.44. The lowest BCUT2D eigenvalue weighted by molar-refractivity contribution is 0.0944. The minimum Gasteiger partial charge on any atom is -0.493 e. The second kappa shape index (κ2) is 6.62. The zero-order valence-electron chi connectivity index (χ0n) is 16.8. The van der Waals surface area contributed by atoms with Crippen LogP contribution in [0.3, 0.4) is 0 Å². The van der Waals surface area contributed by atoms with Crippen LogP contribution in [0.4, 0.5) is 11.4 Å². The predicted molar refractivity (Wildman–Crippen MR) is 110 cm³/mol. The van der Waals surface area contributed by atoms with Crippen molar-refractivity contribution in [3.63, 3.8) is 0 Å². The molecule has 0 saturated carbocycles. The minimum absolute atomic E-state index is 0.250. The monoisotopic (exact) mass is 404 g/mol. The molecule has 3 aromatic rings. The van der Waals surface area contributed by atoms with Crippen molar-refractivity contribution in [3.05, 3.63) is 65.5 Å². The van der Waals surface area contributed by atoms with Crippen LogP contribution in [0.2, 0.25) is 0 Å². The van der Waals surface area contributed by atoms with Gasteiger partial charge in [-0.1, -0.05) is 24.3 Å². The Balaban J connectivity index is 1.80. The smallest absolute Gasteiger partial charge is 0.282 e. The van der Waals surface area contributed by atoms with Crippen LogP contribution < -0.4 is 19.3 Å². The maximum absolute atomic E-state index is 13.6. The zero-order chi connectivity index (χ0) is 21.0. The summed E-state index contributed by atoms with van der Waals surface area (Å²) in [5.74, 6) is 0.321. The molecule has 0 bridgehead atoms. The molecule has 0 spiro atoms. The number of hydrogen-bond donors (Lipinski definition) is 0. The average Bonchev–Trinajstić information content (AvgIpc) is 3.34. The standard InChI is InChI=1S/C22H20N4O4/c1-4-24-12-15-18(23-24)22(28)25(13-8-6-5-7-9-13)20-14-10-11-16(29-2)19(30-3)17(14)21(27)26(15)20/h5-12,20H,4H2,1-3H3. The SMILES string of the molecule is CCn1cc2c(n1)C(=O)N(c1ccccc1)C1c3ccc(OC)c(OC)c3C(=O)N21. The van der Waals surface area contributed by atoms with Crippen molar-refractivity contribution < 1.29 is 19.1 Å². The molecular formula is C22H20N4O4. The Hall–Kier alpha value is -3.81. The van der Waals surface area contributed by atoms with Crippen LogP contribution in [0, 0.1) is 0 Å². The van der Waals surface area contributed by atoms with E-state index in [0.717, 1.165) is 0 Å². The number of fused-ring (bicyclic) bond motifs is 5. The second-order valence-corrected chi connectivity index (χ2v) is 7.04. The molecule has 2 aliphatic heterocycles. The number of hydrogen-bond acceptors (Lipinski definition) is 5. The number of amides is 2. The minimum atomic E-state index is -0.635. The molecule has 152 valence electrons. The topological polar surface area (TPSA) is 76.9 Å². The summed E-state index contributed by atoms with van der Waals surface area (Å²) < 4.78 is 12.6.